The molecule has 0 radical (unpaired) electrons. The molecule has 1 aromatic heterocycles. The highest BCUT2D eigenvalue weighted by Crippen LogP contribution is 2.26. The van der Waals surface area contributed by atoms with E-state index in [2.05, 4.69) is 16.4 Å². The van der Waals surface area contributed by atoms with Gasteiger partial charge in [-0.15, -0.1) is 0 Å². The minimum atomic E-state index is 0.681. The Morgan fingerprint density at radius 3 is 2.94 bits per heavy atom. The van der Waals surface area contributed by atoms with Crippen LogP contribution >= 0.6 is 11.3 Å². The van der Waals surface area contributed by atoms with Crippen molar-refractivity contribution >= 4 is 16.5 Å². The average Bonchev–Trinajstić information content (AvgIpc) is 2.78. The fourth-order valence-electron chi connectivity index (χ4n) is 2.27. The number of thiazole rings is 1. The Kier molecular flexibility index (Phi) is 4.17. The van der Waals surface area contributed by atoms with Gasteiger partial charge in [-0.1, -0.05) is 43.4 Å². The van der Waals surface area contributed by atoms with E-state index in [0.717, 1.165) is 17.6 Å². The number of hydrogen-bond acceptors (Lipinski definition) is 4. The standard InChI is InChI=1S/C12H17N3S/c13-8-11-9-15-12(16-11)14-7-6-10-4-2-1-3-5-10/h9-10H,1-7H2,(H,14,15). The molecule has 1 aliphatic carbocycles. The van der Waals surface area contributed by atoms with Gasteiger partial charge in [0.15, 0.2) is 5.13 Å². The number of hydrogen-bond donors (Lipinski definition) is 1. The number of anilines is 1. The van der Waals surface area contributed by atoms with Gasteiger partial charge in [0.25, 0.3) is 0 Å². The monoisotopic (exact) mass is 235 g/mol. The predicted molar refractivity (Wildman–Crippen MR) is 66.5 cm³/mol. The van der Waals surface area contributed by atoms with Crippen LogP contribution in [-0.2, 0) is 0 Å². The van der Waals surface area contributed by atoms with Gasteiger partial charge in [0, 0.05) is 6.54 Å². The van der Waals surface area contributed by atoms with Crippen LogP contribution in [0.4, 0.5) is 5.13 Å². The lowest BCUT2D eigenvalue weighted by molar-refractivity contribution is 0.345. The molecule has 16 heavy (non-hydrogen) atoms. The van der Waals surface area contributed by atoms with Gasteiger partial charge < -0.3 is 5.32 Å². The van der Waals surface area contributed by atoms with E-state index in [0.29, 0.717) is 4.88 Å². The molecule has 1 fully saturated rings. The second kappa shape index (κ2) is 5.86. The number of aromatic nitrogens is 1. The van der Waals surface area contributed by atoms with Crippen molar-refractivity contribution in [3.05, 3.63) is 11.1 Å². The first-order valence-electron chi connectivity index (χ1n) is 5.98. The van der Waals surface area contributed by atoms with E-state index in [1.807, 2.05) is 0 Å². The first kappa shape index (κ1) is 11.4. The molecule has 0 aromatic carbocycles. The Bertz CT molecular complexity index is 361. The minimum absolute atomic E-state index is 0.681. The maximum Gasteiger partial charge on any atom is 0.183 e. The Balaban J connectivity index is 1.69. The van der Waals surface area contributed by atoms with Crippen LogP contribution < -0.4 is 5.32 Å². The third-order valence-corrected chi connectivity index (χ3v) is 4.03. The van der Waals surface area contributed by atoms with Crippen LogP contribution in [0.25, 0.3) is 0 Å². The van der Waals surface area contributed by atoms with Gasteiger partial charge in [-0.3, -0.25) is 0 Å². The van der Waals surface area contributed by atoms with E-state index in [-0.39, 0.29) is 0 Å². The van der Waals surface area contributed by atoms with Crippen LogP contribution in [0.15, 0.2) is 6.20 Å². The summed E-state index contributed by atoms with van der Waals surface area (Å²) < 4.78 is 0. The van der Waals surface area contributed by atoms with E-state index >= 15 is 0 Å². The molecular weight excluding hydrogens is 218 g/mol. The van der Waals surface area contributed by atoms with Gasteiger partial charge in [-0.05, 0) is 12.3 Å². The van der Waals surface area contributed by atoms with E-state index < -0.39 is 0 Å². The number of nitriles is 1. The van der Waals surface area contributed by atoms with Crippen molar-refractivity contribution in [1.29, 1.82) is 5.26 Å². The van der Waals surface area contributed by atoms with Gasteiger partial charge >= 0.3 is 0 Å². The summed E-state index contributed by atoms with van der Waals surface area (Å²) in [5.74, 6) is 0.900. The molecule has 0 unspecified atom stereocenters. The SMILES string of the molecule is N#Cc1cnc(NCCC2CCCCC2)s1. The molecule has 86 valence electrons. The zero-order valence-electron chi connectivity index (χ0n) is 9.41. The van der Waals surface area contributed by atoms with Crippen molar-refractivity contribution in [3.63, 3.8) is 0 Å². The van der Waals surface area contributed by atoms with Gasteiger partial charge in [0.2, 0.25) is 0 Å². The van der Waals surface area contributed by atoms with Crippen molar-refractivity contribution < 1.29 is 0 Å². The third-order valence-electron chi connectivity index (χ3n) is 3.17. The summed E-state index contributed by atoms with van der Waals surface area (Å²) in [7, 11) is 0. The maximum atomic E-state index is 8.67. The largest absolute Gasteiger partial charge is 0.361 e. The summed E-state index contributed by atoms with van der Waals surface area (Å²) in [6.07, 6.45) is 9.88. The number of rotatable bonds is 4. The molecule has 1 aliphatic rings. The van der Waals surface area contributed by atoms with Crippen LogP contribution in [0.5, 0.6) is 0 Å². The number of nitrogens with zero attached hydrogens (tertiary/aromatic N) is 2. The van der Waals surface area contributed by atoms with E-state index in [1.54, 1.807) is 6.20 Å². The van der Waals surface area contributed by atoms with Crippen LogP contribution in [0.1, 0.15) is 43.4 Å². The molecule has 1 N–H and O–H groups in total. The molecule has 1 saturated carbocycles. The fourth-order valence-corrected chi connectivity index (χ4v) is 2.91. The molecule has 3 nitrogen and oxygen atoms in total. The van der Waals surface area contributed by atoms with E-state index in [9.17, 15) is 0 Å². The van der Waals surface area contributed by atoms with Crippen molar-refractivity contribution in [2.75, 3.05) is 11.9 Å². The topological polar surface area (TPSA) is 48.7 Å². The highest BCUT2D eigenvalue weighted by Gasteiger charge is 2.12. The molecule has 0 aliphatic heterocycles. The molecule has 2 rings (SSSR count). The van der Waals surface area contributed by atoms with Gasteiger partial charge in [0.1, 0.15) is 10.9 Å². The van der Waals surface area contributed by atoms with Crippen molar-refractivity contribution in [1.82, 2.24) is 4.98 Å². The molecule has 1 aromatic rings. The van der Waals surface area contributed by atoms with E-state index in [1.165, 1.54) is 49.9 Å². The first-order valence-corrected chi connectivity index (χ1v) is 6.80. The van der Waals surface area contributed by atoms with Gasteiger partial charge in [-0.2, -0.15) is 5.26 Å². The molecule has 4 heteroatoms. The Hall–Kier alpha value is -1.08. The zero-order valence-corrected chi connectivity index (χ0v) is 10.2. The Morgan fingerprint density at radius 1 is 1.44 bits per heavy atom. The summed E-state index contributed by atoms with van der Waals surface area (Å²) in [4.78, 5) is 4.84. The smallest absolute Gasteiger partial charge is 0.183 e. The van der Waals surface area contributed by atoms with Crippen molar-refractivity contribution in [2.24, 2.45) is 5.92 Å². The highest BCUT2D eigenvalue weighted by molar-refractivity contribution is 7.16. The molecule has 0 spiro atoms. The lowest BCUT2D eigenvalue weighted by Gasteiger charge is -2.21. The first-order chi connectivity index (χ1) is 7.88. The molecule has 0 bridgehead atoms. The molecular formula is C12H17N3S. The fraction of sp³-hybridized carbons (Fsp3) is 0.667. The highest BCUT2D eigenvalue weighted by atomic mass is 32.1. The maximum absolute atomic E-state index is 8.67. The quantitative estimate of drug-likeness (QED) is 0.870. The zero-order chi connectivity index (χ0) is 11.2. The van der Waals surface area contributed by atoms with Gasteiger partial charge in [0.05, 0.1) is 6.20 Å². The summed E-state index contributed by atoms with van der Waals surface area (Å²) in [5.41, 5.74) is 0. The van der Waals surface area contributed by atoms with Crippen LogP contribution in [0.3, 0.4) is 0 Å². The summed E-state index contributed by atoms with van der Waals surface area (Å²) >= 11 is 1.44. The van der Waals surface area contributed by atoms with Crippen LogP contribution in [-0.4, -0.2) is 11.5 Å². The Labute approximate surface area is 101 Å². The minimum Gasteiger partial charge on any atom is -0.361 e. The third kappa shape index (κ3) is 3.21. The van der Waals surface area contributed by atoms with Crippen molar-refractivity contribution in [2.45, 2.75) is 38.5 Å². The van der Waals surface area contributed by atoms with Crippen molar-refractivity contribution in [3.8, 4) is 6.07 Å². The van der Waals surface area contributed by atoms with Gasteiger partial charge in [-0.25, -0.2) is 4.98 Å². The predicted octanol–water partition coefficient (Wildman–Crippen LogP) is 3.40. The normalized spacial score (nSPS) is 16.9. The second-order valence-corrected chi connectivity index (χ2v) is 5.39. The van der Waals surface area contributed by atoms with Crippen LogP contribution in [0, 0.1) is 17.2 Å². The second-order valence-electron chi connectivity index (χ2n) is 4.36. The number of nitrogens with one attached hydrogen (secondary N) is 1. The average molecular weight is 235 g/mol. The molecule has 0 atom stereocenters. The van der Waals surface area contributed by atoms with Crippen LogP contribution in [0.2, 0.25) is 0 Å². The summed E-state index contributed by atoms with van der Waals surface area (Å²) in [6.45, 7) is 0.989. The lowest BCUT2D eigenvalue weighted by atomic mass is 9.87. The van der Waals surface area contributed by atoms with E-state index in [4.69, 9.17) is 5.26 Å². The molecule has 1 heterocycles. The Morgan fingerprint density at radius 2 is 2.25 bits per heavy atom. The summed E-state index contributed by atoms with van der Waals surface area (Å²) in [5, 5.41) is 12.9. The molecule has 0 saturated heterocycles. The summed E-state index contributed by atoms with van der Waals surface area (Å²) in [6, 6.07) is 2.10. The molecule has 0 amide bonds. The lowest BCUT2D eigenvalue weighted by Crippen LogP contribution is -2.11.